The predicted molar refractivity (Wildman–Crippen MR) is 137 cm³/mol. The summed E-state index contributed by atoms with van der Waals surface area (Å²) >= 11 is 5.47. The average molecular weight is 485 g/mol. The predicted octanol–water partition coefficient (Wildman–Crippen LogP) is 6.10. The van der Waals surface area contributed by atoms with Crippen molar-refractivity contribution in [2.24, 2.45) is 0 Å². The Morgan fingerprint density at radius 2 is 1.78 bits per heavy atom. The van der Waals surface area contributed by atoms with E-state index in [9.17, 15) is 0 Å². The smallest absolute Gasteiger partial charge is 0.178 e. The lowest BCUT2D eigenvalue weighted by molar-refractivity contribution is 0.774. The molecule has 0 aliphatic rings. The lowest BCUT2D eigenvalue weighted by Gasteiger charge is -2.20. The van der Waals surface area contributed by atoms with Crippen LogP contribution in [0.25, 0.3) is 21.9 Å². The number of aromatic amines is 1. The number of anilines is 1. The Morgan fingerprint density at radius 3 is 2.50 bits per heavy atom. The van der Waals surface area contributed by atoms with E-state index < -0.39 is 0 Å². The number of benzene rings is 2. The molecule has 0 saturated heterocycles. The highest BCUT2D eigenvalue weighted by Gasteiger charge is 2.18. The molecule has 0 aliphatic heterocycles. The zero-order valence-corrected chi connectivity index (χ0v) is 19.7. The first-order chi connectivity index (χ1) is 14.7. The van der Waals surface area contributed by atoms with E-state index in [2.05, 4.69) is 61.0 Å². The Morgan fingerprint density at radius 1 is 1.00 bits per heavy atom. The van der Waals surface area contributed by atoms with Crippen LogP contribution in [0.15, 0.2) is 73.2 Å². The highest BCUT2D eigenvalue weighted by atomic mass is 35.5. The number of halogens is 2. The molecule has 0 bridgehead atoms. The van der Waals surface area contributed by atoms with E-state index in [4.69, 9.17) is 12.2 Å². The van der Waals surface area contributed by atoms with Crippen molar-refractivity contribution in [2.75, 3.05) is 5.32 Å². The number of hydrogen-bond acceptors (Lipinski definition) is 5. The highest BCUT2D eigenvalue weighted by molar-refractivity contribution is 7.71. The first-order valence-electron chi connectivity index (χ1n) is 9.84. The zero-order valence-electron chi connectivity index (χ0n) is 17.2. The lowest BCUT2D eigenvalue weighted by Crippen LogP contribution is -2.15. The van der Waals surface area contributed by atoms with Gasteiger partial charge in [0.25, 0.3) is 0 Å². The number of nitrogens with zero attached hydrogens (tertiary/aromatic N) is 4. The number of aryl methyl sites for hydroxylation is 1. The molecule has 0 aliphatic carbocycles. The standard InChI is InChI=1S/C23H20N6S.2ClH/c1-2-29-20-13-18-16(12-19(20)27-23(29)30)22(26-14-25-18)28-21(15-8-4-3-5-9-15)17-10-6-7-11-24-17;;/h3-14,21H,2H2,1H3,(H,27,30)(H,25,26,28);2*1H. The van der Waals surface area contributed by atoms with Crippen LogP contribution in [0.3, 0.4) is 0 Å². The van der Waals surface area contributed by atoms with Crippen LogP contribution in [0, 0.1) is 4.77 Å². The van der Waals surface area contributed by atoms with Gasteiger partial charge in [0.05, 0.1) is 28.3 Å². The third-order valence-electron chi connectivity index (χ3n) is 5.24. The SMILES string of the molecule is CCn1c(=S)[nH]c2cc3c(NC(c4ccccc4)c4ccccn4)ncnc3cc21.Cl.Cl. The Kier molecular flexibility index (Phi) is 7.45. The number of H-pyrrole nitrogens is 1. The largest absolute Gasteiger partial charge is 0.357 e. The maximum Gasteiger partial charge on any atom is 0.178 e. The second-order valence-corrected chi connectivity index (χ2v) is 7.41. The first-order valence-corrected chi connectivity index (χ1v) is 10.2. The van der Waals surface area contributed by atoms with Crippen molar-refractivity contribution >= 4 is 64.8 Å². The zero-order chi connectivity index (χ0) is 20.5. The molecule has 1 unspecified atom stereocenters. The number of pyridine rings is 1. The summed E-state index contributed by atoms with van der Waals surface area (Å²) in [7, 11) is 0. The van der Waals surface area contributed by atoms with Crippen molar-refractivity contribution in [3.05, 3.63) is 89.2 Å². The molecule has 0 amide bonds. The van der Waals surface area contributed by atoms with E-state index in [1.807, 2.05) is 42.6 Å². The minimum absolute atomic E-state index is 0. The van der Waals surface area contributed by atoms with E-state index >= 15 is 0 Å². The fourth-order valence-corrected chi connectivity index (χ4v) is 4.13. The van der Waals surface area contributed by atoms with Crippen molar-refractivity contribution in [2.45, 2.75) is 19.5 Å². The van der Waals surface area contributed by atoms with E-state index in [1.165, 1.54) is 0 Å². The average Bonchev–Trinajstić information content (AvgIpc) is 3.11. The Balaban J connectivity index is 0.00000144. The molecule has 32 heavy (non-hydrogen) atoms. The van der Waals surface area contributed by atoms with Gasteiger partial charge in [0.15, 0.2) is 4.77 Å². The monoisotopic (exact) mass is 484 g/mol. The van der Waals surface area contributed by atoms with Crippen LogP contribution in [0.1, 0.15) is 24.2 Å². The summed E-state index contributed by atoms with van der Waals surface area (Å²) in [6.07, 6.45) is 3.40. The van der Waals surface area contributed by atoms with Crippen LogP contribution in [0.5, 0.6) is 0 Å². The van der Waals surface area contributed by atoms with Crippen LogP contribution in [-0.2, 0) is 6.54 Å². The number of fused-ring (bicyclic) bond motifs is 2. The normalized spacial score (nSPS) is 11.5. The number of rotatable bonds is 5. The number of aromatic nitrogens is 5. The van der Waals surface area contributed by atoms with Gasteiger partial charge in [-0.15, -0.1) is 24.8 Å². The summed E-state index contributed by atoms with van der Waals surface area (Å²) in [6.45, 7) is 2.88. The number of nitrogens with one attached hydrogen (secondary N) is 2. The number of imidazole rings is 1. The van der Waals surface area contributed by atoms with Crippen molar-refractivity contribution in [1.82, 2.24) is 24.5 Å². The van der Waals surface area contributed by atoms with Gasteiger partial charge in [0, 0.05) is 18.1 Å². The number of hydrogen-bond donors (Lipinski definition) is 2. The van der Waals surface area contributed by atoms with Gasteiger partial charge < -0.3 is 14.9 Å². The molecular weight excluding hydrogens is 463 g/mol. The Bertz CT molecular complexity index is 1350. The Hall–Kier alpha value is -3.00. The summed E-state index contributed by atoms with van der Waals surface area (Å²) in [6, 6.07) is 20.2. The summed E-state index contributed by atoms with van der Waals surface area (Å²) in [5, 5.41) is 4.53. The summed E-state index contributed by atoms with van der Waals surface area (Å²) < 4.78 is 2.78. The quantitative estimate of drug-likeness (QED) is 0.294. The van der Waals surface area contributed by atoms with E-state index in [0.29, 0.717) is 4.77 Å². The molecule has 5 aromatic rings. The molecule has 0 saturated carbocycles. The third kappa shape index (κ3) is 4.32. The van der Waals surface area contributed by atoms with Gasteiger partial charge in [0.1, 0.15) is 12.1 Å². The van der Waals surface area contributed by atoms with Crippen LogP contribution in [0.2, 0.25) is 0 Å². The molecule has 6 nitrogen and oxygen atoms in total. The second kappa shape index (κ2) is 10.1. The molecule has 1 atom stereocenters. The van der Waals surface area contributed by atoms with E-state index in [-0.39, 0.29) is 30.9 Å². The lowest BCUT2D eigenvalue weighted by atomic mass is 10.0. The van der Waals surface area contributed by atoms with Gasteiger partial charge in [0.2, 0.25) is 0 Å². The third-order valence-corrected chi connectivity index (χ3v) is 5.57. The van der Waals surface area contributed by atoms with Crippen molar-refractivity contribution in [3.8, 4) is 0 Å². The summed E-state index contributed by atoms with van der Waals surface area (Å²) in [5.74, 6) is 0.755. The van der Waals surface area contributed by atoms with Gasteiger partial charge in [-0.2, -0.15) is 0 Å². The maximum atomic E-state index is 5.47. The minimum Gasteiger partial charge on any atom is -0.357 e. The highest BCUT2D eigenvalue weighted by Crippen LogP contribution is 2.30. The van der Waals surface area contributed by atoms with Crippen molar-refractivity contribution < 1.29 is 0 Å². The molecule has 2 N–H and O–H groups in total. The molecule has 3 heterocycles. The molecule has 2 aromatic carbocycles. The molecule has 5 rings (SSSR count). The van der Waals surface area contributed by atoms with Crippen molar-refractivity contribution in [3.63, 3.8) is 0 Å². The minimum atomic E-state index is -0.139. The van der Waals surface area contributed by atoms with Gasteiger partial charge in [-0.3, -0.25) is 4.98 Å². The first kappa shape index (κ1) is 23.7. The Labute approximate surface area is 203 Å². The molecule has 0 radical (unpaired) electrons. The molecule has 3 aromatic heterocycles. The molecule has 9 heteroatoms. The fourth-order valence-electron chi connectivity index (χ4n) is 3.79. The van der Waals surface area contributed by atoms with Crippen LogP contribution >= 0.6 is 37.0 Å². The molecule has 0 fully saturated rings. The van der Waals surface area contributed by atoms with Gasteiger partial charge in [-0.05, 0) is 49.0 Å². The second-order valence-electron chi connectivity index (χ2n) is 7.03. The molecule has 164 valence electrons. The van der Waals surface area contributed by atoms with Crippen molar-refractivity contribution in [1.29, 1.82) is 0 Å². The van der Waals surface area contributed by atoms with E-state index in [1.54, 1.807) is 6.33 Å². The van der Waals surface area contributed by atoms with E-state index in [0.717, 1.165) is 45.6 Å². The van der Waals surface area contributed by atoms with Gasteiger partial charge in [-0.1, -0.05) is 36.4 Å². The fraction of sp³-hybridized carbons (Fsp3) is 0.130. The summed E-state index contributed by atoms with van der Waals surface area (Å²) in [4.78, 5) is 16.9. The van der Waals surface area contributed by atoms with Crippen LogP contribution in [-0.4, -0.2) is 24.5 Å². The molecular formula is C23H22Cl2N6S. The van der Waals surface area contributed by atoms with Gasteiger partial charge in [-0.25, -0.2) is 9.97 Å². The van der Waals surface area contributed by atoms with Crippen LogP contribution < -0.4 is 5.32 Å². The topological polar surface area (TPSA) is 71.4 Å². The summed E-state index contributed by atoms with van der Waals surface area (Å²) in [5.41, 5.74) is 4.92. The van der Waals surface area contributed by atoms with Gasteiger partial charge >= 0.3 is 0 Å². The van der Waals surface area contributed by atoms with Crippen LogP contribution in [0.4, 0.5) is 5.82 Å². The molecule has 0 spiro atoms. The maximum absolute atomic E-state index is 5.47.